The van der Waals surface area contributed by atoms with Crippen molar-refractivity contribution in [3.8, 4) is 5.75 Å². The van der Waals surface area contributed by atoms with E-state index >= 15 is 0 Å². The van der Waals surface area contributed by atoms with E-state index in [2.05, 4.69) is 11.1 Å². The average molecular weight is 215 g/mol. The van der Waals surface area contributed by atoms with E-state index in [4.69, 9.17) is 9.47 Å². The van der Waals surface area contributed by atoms with Crippen LogP contribution in [-0.2, 0) is 4.74 Å². The zero-order valence-electron chi connectivity index (χ0n) is 9.14. The van der Waals surface area contributed by atoms with E-state index in [1.165, 1.54) is 0 Å². The SMILES string of the molecule is Cc1ccc2cccc(OCC3CO3)c2n1. The first-order valence-electron chi connectivity index (χ1n) is 5.44. The summed E-state index contributed by atoms with van der Waals surface area (Å²) >= 11 is 0. The van der Waals surface area contributed by atoms with Crippen LogP contribution >= 0.6 is 0 Å². The molecule has 0 amide bonds. The monoisotopic (exact) mass is 215 g/mol. The number of aryl methyl sites for hydroxylation is 1. The van der Waals surface area contributed by atoms with Gasteiger partial charge in [-0.05, 0) is 19.1 Å². The number of ether oxygens (including phenoxy) is 2. The molecule has 0 spiro atoms. The molecule has 0 bridgehead atoms. The number of rotatable bonds is 3. The first-order valence-corrected chi connectivity index (χ1v) is 5.44. The Morgan fingerprint density at radius 2 is 2.25 bits per heavy atom. The van der Waals surface area contributed by atoms with Crippen LogP contribution in [0.2, 0.25) is 0 Å². The largest absolute Gasteiger partial charge is 0.488 e. The third kappa shape index (κ3) is 1.86. The van der Waals surface area contributed by atoms with Gasteiger partial charge in [0, 0.05) is 11.1 Å². The zero-order chi connectivity index (χ0) is 11.0. The summed E-state index contributed by atoms with van der Waals surface area (Å²) in [7, 11) is 0. The van der Waals surface area contributed by atoms with Gasteiger partial charge in [-0.25, -0.2) is 4.98 Å². The lowest BCUT2D eigenvalue weighted by atomic mass is 10.2. The van der Waals surface area contributed by atoms with Crippen molar-refractivity contribution in [3.05, 3.63) is 36.0 Å². The van der Waals surface area contributed by atoms with Gasteiger partial charge < -0.3 is 9.47 Å². The minimum atomic E-state index is 0.278. The minimum Gasteiger partial charge on any atom is -0.488 e. The lowest BCUT2D eigenvalue weighted by Crippen LogP contribution is -2.04. The highest BCUT2D eigenvalue weighted by atomic mass is 16.6. The van der Waals surface area contributed by atoms with Crippen LogP contribution in [0.5, 0.6) is 5.75 Å². The van der Waals surface area contributed by atoms with Crippen LogP contribution in [0.1, 0.15) is 5.69 Å². The molecule has 1 aromatic heterocycles. The summed E-state index contributed by atoms with van der Waals surface area (Å²) < 4.78 is 10.8. The molecule has 3 nitrogen and oxygen atoms in total. The quantitative estimate of drug-likeness (QED) is 0.737. The van der Waals surface area contributed by atoms with Crippen molar-refractivity contribution < 1.29 is 9.47 Å². The second kappa shape index (κ2) is 3.76. The Bertz CT molecular complexity index is 520. The summed E-state index contributed by atoms with van der Waals surface area (Å²) in [5.74, 6) is 0.844. The predicted octanol–water partition coefficient (Wildman–Crippen LogP) is 2.32. The highest BCUT2D eigenvalue weighted by Gasteiger charge is 2.23. The molecular formula is C13H13NO2. The third-order valence-electron chi connectivity index (χ3n) is 2.65. The van der Waals surface area contributed by atoms with Gasteiger partial charge in [0.15, 0.2) is 0 Å². The third-order valence-corrected chi connectivity index (χ3v) is 2.65. The van der Waals surface area contributed by atoms with Crippen LogP contribution in [0, 0.1) is 6.92 Å². The fourth-order valence-electron chi connectivity index (χ4n) is 1.68. The summed E-state index contributed by atoms with van der Waals surface area (Å²) in [5.41, 5.74) is 1.94. The Hall–Kier alpha value is -1.61. The minimum absolute atomic E-state index is 0.278. The molecule has 1 aliphatic heterocycles. The molecule has 1 aromatic carbocycles. The van der Waals surface area contributed by atoms with Crippen molar-refractivity contribution in [2.24, 2.45) is 0 Å². The fraction of sp³-hybridized carbons (Fsp3) is 0.308. The van der Waals surface area contributed by atoms with Crippen LogP contribution in [-0.4, -0.2) is 24.3 Å². The van der Waals surface area contributed by atoms with Gasteiger partial charge in [-0.2, -0.15) is 0 Å². The van der Waals surface area contributed by atoms with Crippen LogP contribution in [0.4, 0.5) is 0 Å². The van der Waals surface area contributed by atoms with Crippen molar-refractivity contribution in [2.75, 3.05) is 13.2 Å². The number of para-hydroxylation sites is 1. The first kappa shape index (κ1) is 9.60. The predicted molar refractivity (Wildman–Crippen MR) is 61.7 cm³/mol. The molecule has 2 heterocycles. The fourth-order valence-corrected chi connectivity index (χ4v) is 1.68. The Kier molecular flexibility index (Phi) is 2.26. The number of epoxide rings is 1. The van der Waals surface area contributed by atoms with Crippen LogP contribution in [0.25, 0.3) is 10.9 Å². The molecule has 1 aliphatic rings. The summed E-state index contributed by atoms with van der Waals surface area (Å²) in [5, 5.41) is 1.11. The second-order valence-electron chi connectivity index (χ2n) is 4.05. The van der Waals surface area contributed by atoms with Gasteiger partial charge in [0.1, 0.15) is 24.0 Å². The lowest BCUT2D eigenvalue weighted by Gasteiger charge is -2.07. The normalized spacial score (nSPS) is 18.7. The highest BCUT2D eigenvalue weighted by molar-refractivity contribution is 5.84. The smallest absolute Gasteiger partial charge is 0.145 e. The van der Waals surface area contributed by atoms with Crippen molar-refractivity contribution in [2.45, 2.75) is 13.0 Å². The maximum Gasteiger partial charge on any atom is 0.145 e. The van der Waals surface area contributed by atoms with Crippen LogP contribution < -0.4 is 4.74 Å². The van der Waals surface area contributed by atoms with E-state index in [0.29, 0.717) is 6.61 Å². The topological polar surface area (TPSA) is 34.6 Å². The van der Waals surface area contributed by atoms with Gasteiger partial charge in [-0.3, -0.25) is 0 Å². The number of aromatic nitrogens is 1. The lowest BCUT2D eigenvalue weighted by molar-refractivity contribution is 0.265. The number of nitrogens with zero attached hydrogens (tertiary/aromatic N) is 1. The Balaban J connectivity index is 1.97. The van der Waals surface area contributed by atoms with E-state index in [-0.39, 0.29) is 6.10 Å². The molecular weight excluding hydrogens is 202 g/mol. The number of benzene rings is 1. The van der Waals surface area contributed by atoms with Crippen LogP contribution in [0.15, 0.2) is 30.3 Å². The summed E-state index contributed by atoms with van der Waals surface area (Å²) in [4.78, 5) is 4.51. The first-order chi connectivity index (χ1) is 7.83. The Morgan fingerprint density at radius 1 is 1.38 bits per heavy atom. The summed E-state index contributed by atoms with van der Waals surface area (Å²) in [6.07, 6.45) is 0.278. The average Bonchev–Trinajstić information content (AvgIpc) is 3.10. The molecule has 1 fully saturated rings. The van der Waals surface area contributed by atoms with Gasteiger partial charge in [-0.15, -0.1) is 0 Å². The molecule has 16 heavy (non-hydrogen) atoms. The molecule has 0 saturated carbocycles. The van der Waals surface area contributed by atoms with E-state index < -0.39 is 0 Å². The van der Waals surface area contributed by atoms with Crippen molar-refractivity contribution in [3.63, 3.8) is 0 Å². The molecule has 0 aliphatic carbocycles. The van der Waals surface area contributed by atoms with E-state index in [1.54, 1.807) is 0 Å². The molecule has 82 valence electrons. The standard InChI is InChI=1S/C13H13NO2/c1-9-5-6-10-3-2-4-12(13(10)14-9)16-8-11-7-15-11/h2-6,11H,7-8H2,1H3. The van der Waals surface area contributed by atoms with Crippen molar-refractivity contribution in [1.82, 2.24) is 4.98 Å². The number of hydrogen-bond acceptors (Lipinski definition) is 3. The Labute approximate surface area is 94.0 Å². The number of hydrogen-bond donors (Lipinski definition) is 0. The maximum atomic E-state index is 5.71. The molecule has 0 N–H and O–H groups in total. The maximum absolute atomic E-state index is 5.71. The number of fused-ring (bicyclic) bond motifs is 1. The molecule has 2 aromatic rings. The van der Waals surface area contributed by atoms with Crippen LogP contribution in [0.3, 0.4) is 0 Å². The van der Waals surface area contributed by atoms with E-state index in [9.17, 15) is 0 Å². The van der Waals surface area contributed by atoms with Gasteiger partial charge in [0.05, 0.1) is 6.61 Å². The van der Waals surface area contributed by atoms with Gasteiger partial charge in [0.25, 0.3) is 0 Å². The van der Waals surface area contributed by atoms with E-state index in [1.807, 2.05) is 31.2 Å². The van der Waals surface area contributed by atoms with Gasteiger partial charge in [0.2, 0.25) is 0 Å². The molecule has 1 atom stereocenters. The molecule has 1 unspecified atom stereocenters. The van der Waals surface area contributed by atoms with Crippen molar-refractivity contribution in [1.29, 1.82) is 0 Å². The number of pyridine rings is 1. The molecule has 1 saturated heterocycles. The van der Waals surface area contributed by atoms with Crippen molar-refractivity contribution >= 4 is 10.9 Å². The molecule has 0 radical (unpaired) electrons. The zero-order valence-corrected chi connectivity index (χ0v) is 9.14. The summed E-state index contributed by atoms with van der Waals surface area (Å²) in [6.45, 7) is 3.42. The van der Waals surface area contributed by atoms with E-state index in [0.717, 1.165) is 29.0 Å². The molecule has 3 heteroatoms. The summed E-state index contributed by atoms with van der Waals surface area (Å²) in [6, 6.07) is 10.1. The van der Waals surface area contributed by atoms with Gasteiger partial charge in [-0.1, -0.05) is 18.2 Å². The Morgan fingerprint density at radius 3 is 3.06 bits per heavy atom. The second-order valence-corrected chi connectivity index (χ2v) is 4.05. The van der Waals surface area contributed by atoms with Gasteiger partial charge >= 0.3 is 0 Å². The molecule has 3 rings (SSSR count). The highest BCUT2D eigenvalue weighted by Crippen LogP contribution is 2.24.